The minimum atomic E-state index is -4.36. The molecule has 0 fully saturated rings. The zero-order valence-corrected chi connectivity index (χ0v) is 13.3. The number of carbonyl (C=O) groups is 1. The molecule has 0 saturated heterocycles. The van der Waals surface area contributed by atoms with Crippen molar-refractivity contribution in [2.75, 3.05) is 0 Å². The first kappa shape index (κ1) is 17.6. The van der Waals surface area contributed by atoms with Crippen LogP contribution in [-0.2, 0) is 24.1 Å². The van der Waals surface area contributed by atoms with Crippen LogP contribution in [0.5, 0.6) is 0 Å². The summed E-state index contributed by atoms with van der Waals surface area (Å²) < 4.78 is 44.2. The fourth-order valence-electron chi connectivity index (χ4n) is 2.17. The number of alkyl halides is 3. The average Bonchev–Trinajstić information content (AvgIpc) is 3.07. The molecule has 3 rings (SSSR count). The van der Waals surface area contributed by atoms with Gasteiger partial charge in [-0.3, -0.25) is 4.98 Å². The predicted molar refractivity (Wildman–Crippen MR) is 83.9 cm³/mol. The maximum Gasteiger partial charge on any atom is 0.416 e. The van der Waals surface area contributed by atoms with Crippen LogP contribution in [0.3, 0.4) is 0 Å². The van der Waals surface area contributed by atoms with Gasteiger partial charge in [-0.15, -0.1) is 5.10 Å². The third kappa shape index (κ3) is 4.44. The molecule has 0 unspecified atom stereocenters. The molecule has 0 atom stereocenters. The molecule has 0 bridgehead atoms. The Morgan fingerprint density at radius 1 is 1.15 bits per heavy atom. The molecule has 26 heavy (non-hydrogen) atoms. The van der Waals surface area contributed by atoms with Gasteiger partial charge in [0.05, 0.1) is 23.9 Å². The van der Waals surface area contributed by atoms with Crippen LogP contribution in [0.25, 0.3) is 0 Å². The van der Waals surface area contributed by atoms with Crippen molar-refractivity contribution in [3.8, 4) is 0 Å². The Morgan fingerprint density at radius 2 is 1.92 bits per heavy atom. The summed E-state index contributed by atoms with van der Waals surface area (Å²) in [5.41, 5.74) is 0.684. The van der Waals surface area contributed by atoms with E-state index < -0.39 is 17.7 Å². The van der Waals surface area contributed by atoms with E-state index in [-0.39, 0.29) is 13.2 Å². The summed E-state index contributed by atoms with van der Waals surface area (Å²) in [6, 6.07) is 8.00. The van der Waals surface area contributed by atoms with Crippen LogP contribution >= 0.6 is 0 Å². The summed E-state index contributed by atoms with van der Waals surface area (Å²) in [6.07, 6.45) is 0.138. The SMILES string of the molecule is O=C(OCc1cn(Cc2ccc(C(F)(F)F)cc2)nn1)c1cccnc1. The number of rotatable bonds is 5. The molecular formula is C17H13F3N4O2. The highest BCUT2D eigenvalue weighted by atomic mass is 19.4. The van der Waals surface area contributed by atoms with E-state index in [4.69, 9.17) is 4.74 Å². The van der Waals surface area contributed by atoms with E-state index >= 15 is 0 Å². The smallest absolute Gasteiger partial charge is 0.416 e. The second kappa shape index (κ2) is 7.34. The molecule has 0 aliphatic heterocycles. The Labute approximate surface area is 146 Å². The number of nitrogens with zero attached hydrogens (tertiary/aromatic N) is 4. The van der Waals surface area contributed by atoms with E-state index in [2.05, 4.69) is 15.3 Å². The fraction of sp³-hybridized carbons (Fsp3) is 0.176. The van der Waals surface area contributed by atoms with Gasteiger partial charge in [0.15, 0.2) is 0 Å². The molecule has 3 aromatic rings. The van der Waals surface area contributed by atoms with Crippen LogP contribution in [0, 0.1) is 0 Å². The first-order valence-corrected chi connectivity index (χ1v) is 7.54. The van der Waals surface area contributed by atoms with E-state index in [0.717, 1.165) is 12.1 Å². The minimum absolute atomic E-state index is 0.0687. The monoisotopic (exact) mass is 362 g/mol. The second-order valence-electron chi connectivity index (χ2n) is 5.42. The summed E-state index contributed by atoms with van der Waals surface area (Å²) in [6.45, 7) is 0.183. The first-order chi connectivity index (χ1) is 12.4. The third-order valence-electron chi connectivity index (χ3n) is 3.46. The lowest BCUT2D eigenvalue weighted by molar-refractivity contribution is -0.137. The van der Waals surface area contributed by atoms with Gasteiger partial charge in [0.25, 0.3) is 0 Å². The van der Waals surface area contributed by atoms with Crippen LogP contribution < -0.4 is 0 Å². The van der Waals surface area contributed by atoms with E-state index in [1.54, 1.807) is 24.5 Å². The summed E-state index contributed by atoms with van der Waals surface area (Å²) in [4.78, 5) is 15.6. The van der Waals surface area contributed by atoms with Gasteiger partial charge in [-0.25, -0.2) is 9.48 Å². The zero-order chi connectivity index (χ0) is 18.6. The fourth-order valence-corrected chi connectivity index (χ4v) is 2.17. The van der Waals surface area contributed by atoms with Crippen LogP contribution in [0.2, 0.25) is 0 Å². The zero-order valence-electron chi connectivity index (χ0n) is 13.3. The summed E-state index contributed by atoms with van der Waals surface area (Å²) in [7, 11) is 0. The van der Waals surface area contributed by atoms with Gasteiger partial charge in [0.1, 0.15) is 12.3 Å². The Morgan fingerprint density at radius 3 is 2.58 bits per heavy atom. The summed E-state index contributed by atoms with van der Waals surface area (Å²) in [5, 5.41) is 7.75. The molecule has 6 nitrogen and oxygen atoms in total. The van der Waals surface area contributed by atoms with E-state index in [9.17, 15) is 18.0 Å². The van der Waals surface area contributed by atoms with Gasteiger partial charge >= 0.3 is 12.1 Å². The van der Waals surface area contributed by atoms with Crippen molar-refractivity contribution in [3.63, 3.8) is 0 Å². The van der Waals surface area contributed by atoms with Crippen LogP contribution in [0.15, 0.2) is 55.0 Å². The molecule has 0 aliphatic carbocycles. The molecule has 2 heterocycles. The molecular weight excluding hydrogens is 349 g/mol. The minimum Gasteiger partial charge on any atom is -0.455 e. The predicted octanol–water partition coefficient (Wildman–Crippen LogP) is 3.10. The number of aromatic nitrogens is 4. The van der Waals surface area contributed by atoms with E-state index in [1.165, 1.54) is 23.0 Å². The number of halogens is 3. The number of hydrogen-bond donors (Lipinski definition) is 0. The average molecular weight is 362 g/mol. The van der Waals surface area contributed by atoms with Crippen LogP contribution in [0.1, 0.15) is 27.2 Å². The molecule has 0 saturated carbocycles. The highest BCUT2D eigenvalue weighted by molar-refractivity contribution is 5.88. The molecule has 1 aromatic carbocycles. The van der Waals surface area contributed by atoms with Crippen molar-refractivity contribution in [3.05, 3.63) is 77.4 Å². The number of benzene rings is 1. The molecule has 0 N–H and O–H groups in total. The number of esters is 1. The van der Waals surface area contributed by atoms with Crippen molar-refractivity contribution in [1.29, 1.82) is 0 Å². The second-order valence-corrected chi connectivity index (χ2v) is 5.42. The van der Waals surface area contributed by atoms with Crippen LogP contribution in [-0.4, -0.2) is 25.9 Å². The summed E-state index contributed by atoms with van der Waals surface area (Å²) >= 11 is 0. The normalized spacial score (nSPS) is 11.3. The molecule has 0 spiro atoms. The summed E-state index contributed by atoms with van der Waals surface area (Å²) in [5.74, 6) is -0.532. The van der Waals surface area contributed by atoms with Crippen molar-refractivity contribution in [2.45, 2.75) is 19.3 Å². The first-order valence-electron chi connectivity index (χ1n) is 7.54. The number of carbonyl (C=O) groups excluding carboxylic acids is 1. The van der Waals surface area contributed by atoms with E-state index in [1.807, 2.05) is 0 Å². The van der Waals surface area contributed by atoms with Gasteiger partial charge in [0.2, 0.25) is 0 Å². The number of pyridine rings is 1. The molecule has 0 aliphatic rings. The maximum absolute atomic E-state index is 12.5. The molecule has 0 amide bonds. The van der Waals surface area contributed by atoms with Crippen molar-refractivity contribution >= 4 is 5.97 Å². The van der Waals surface area contributed by atoms with Crippen molar-refractivity contribution in [2.24, 2.45) is 0 Å². The Balaban J connectivity index is 1.57. The highest BCUT2D eigenvalue weighted by Gasteiger charge is 2.29. The Hall–Kier alpha value is -3.23. The lowest BCUT2D eigenvalue weighted by atomic mass is 10.1. The molecule has 0 radical (unpaired) electrons. The third-order valence-corrected chi connectivity index (χ3v) is 3.46. The molecule has 134 valence electrons. The van der Waals surface area contributed by atoms with Gasteiger partial charge in [-0.2, -0.15) is 13.2 Å². The largest absolute Gasteiger partial charge is 0.455 e. The Bertz CT molecular complexity index is 877. The van der Waals surface area contributed by atoms with Gasteiger partial charge in [-0.1, -0.05) is 17.3 Å². The van der Waals surface area contributed by atoms with Crippen molar-refractivity contribution in [1.82, 2.24) is 20.0 Å². The maximum atomic E-state index is 12.5. The van der Waals surface area contributed by atoms with Gasteiger partial charge in [0, 0.05) is 12.4 Å². The standard InChI is InChI=1S/C17H13F3N4O2/c18-17(19,20)14-5-3-12(4-6-14)9-24-10-15(22-23-24)11-26-16(25)13-2-1-7-21-8-13/h1-8,10H,9,11H2. The lowest BCUT2D eigenvalue weighted by Crippen LogP contribution is -2.06. The van der Waals surface area contributed by atoms with Crippen LogP contribution in [0.4, 0.5) is 13.2 Å². The quantitative estimate of drug-likeness (QED) is 0.653. The molecule has 2 aromatic heterocycles. The Kier molecular flexibility index (Phi) is 4.97. The van der Waals surface area contributed by atoms with Gasteiger partial charge < -0.3 is 4.74 Å². The number of hydrogen-bond acceptors (Lipinski definition) is 5. The lowest BCUT2D eigenvalue weighted by Gasteiger charge is -2.07. The topological polar surface area (TPSA) is 69.9 Å². The van der Waals surface area contributed by atoms with E-state index in [0.29, 0.717) is 16.8 Å². The highest BCUT2D eigenvalue weighted by Crippen LogP contribution is 2.29. The van der Waals surface area contributed by atoms with Crippen molar-refractivity contribution < 1.29 is 22.7 Å². The molecule has 9 heteroatoms. The number of ether oxygens (including phenoxy) is 1. The van der Waals surface area contributed by atoms with Gasteiger partial charge in [-0.05, 0) is 29.8 Å².